The van der Waals surface area contributed by atoms with Gasteiger partial charge in [-0.05, 0) is 32.4 Å². The van der Waals surface area contributed by atoms with Crippen LogP contribution in [0.1, 0.15) is 39.7 Å². The second-order valence-corrected chi connectivity index (χ2v) is 6.66. The number of hydrogen-bond donors (Lipinski definition) is 0. The minimum Gasteiger partial charge on any atom is -0.441 e. The number of carbonyl (C=O) groups excluding carboxylic acids is 1. The molecule has 0 saturated carbocycles. The number of aromatic nitrogens is 2. The predicted octanol–water partition coefficient (Wildman–Crippen LogP) is 3.17. The molecule has 1 aliphatic rings. The van der Waals surface area contributed by atoms with Crippen LogP contribution in [0.2, 0.25) is 0 Å². The molecule has 1 fully saturated rings. The molecule has 1 unspecified atom stereocenters. The number of aryl methyl sites for hydroxylation is 3. The lowest BCUT2D eigenvalue weighted by molar-refractivity contribution is 0.0430. The average Bonchev–Trinajstić information content (AvgIpc) is 3.31. The summed E-state index contributed by atoms with van der Waals surface area (Å²) < 4.78 is 16.7. The summed E-state index contributed by atoms with van der Waals surface area (Å²) in [5.74, 6) is 1.30. The van der Waals surface area contributed by atoms with Crippen molar-refractivity contribution in [2.45, 2.75) is 39.9 Å². The lowest BCUT2D eigenvalue weighted by atomic mass is 10.1. The number of fused-ring (bicyclic) bond motifs is 1. The number of ether oxygens (including phenoxy) is 1. The molecule has 4 rings (SSSR count). The van der Waals surface area contributed by atoms with Gasteiger partial charge >= 0.3 is 0 Å². The van der Waals surface area contributed by atoms with Gasteiger partial charge in [0, 0.05) is 25.6 Å². The van der Waals surface area contributed by atoms with Crippen molar-refractivity contribution in [1.29, 1.82) is 0 Å². The van der Waals surface area contributed by atoms with Crippen LogP contribution in [0.4, 0.5) is 0 Å². The van der Waals surface area contributed by atoms with Crippen molar-refractivity contribution in [2.75, 3.05) is 13.1 Å². The summed E-state index contributed by atoms with van der Waals surface area (Å²) in [6.45, 7) is 7.24. The Morgan fingerprint density at radius 1 is 1.35 bits per heavy atom. The van der Waals surface area contributed by atoms with Crippen LogP contribution < -0.4 is 0 Å². The predicted molar refractivity (Wildman–Crippen MR) is 93.8 cm³/mol. The van der Waals surface area contributed by atoms with Crippen LogP contribution in [0.5, 0.6) is 0 Å². The zero-order chi connectivity index (χ0) is 18.3. The number of oxazole rings is 1. The largest absolute Gasteiger partial charge is 0.441 e. The van der Waals surface area contributed by atoms with Crippen molar-refractivity contribution < 1.29 is 18.5 Å². The first-order valence-electron chi connectivity index (χ1n) is 8.71. The molecule has 7 nitrogen and oxygen atoms in total. The molecule has 3 heterocycles. The first-order chi connectivity index (χ1) is 12.5. The van der Waals surface area contributed by atoms with Crippen LogP contribution in [-0.2, 0) is 11.3 Å². The van der Waals surface area contributed by atoms with Crippen molar-refractivity contribution in [3.63, 3.8) is 0 Å². The van der Waals surface area contributed by atoms with E-state index in [-0.39, 0.29) is 12.0 Å². The molecule has 1 aliphatic heterocycles. The van der Waals surface area contributed by atoms with E-state index in [4.69, 9.17) is 13.7 Å². The fourth-order valence-corrected chi connectivity index (χ4v) is 3.36. The number of para-hydroxylation sites is 1. The van der Waals surface area contributed by atoms with E-state index in [0.29, 0.717) is 42.3 Å². The molecule has 1 atom stereocenters. The molecular formula is C19H21N3O4. The van der Waals surface area contributed by atoms with E-state index in [2.05, 4.69) is 10.1 Å². The fourth-order valence-electron chi connectivity index (χ4n) is 3.36. The van der Waals surface area contributed by atoms with E-state index >= 15 is 0 Å². The number of nitrogens with zero attached hydrogens (tertiary/aromatic N) is 3. The number of rotatable bonds is 4. The summed E-state index contributed by atoms with van der Waals surface area (Å²) in [5, 5.41) is 3.94. The topological polar surface area (TPSA) is 81.6 Å². The van der Waals surface area contributed by atoms with Gasteiger partial charge in [0.1, 0.15) is 11.3 Å². The third kappa shape index (κ3) is 2.99. The highest BCUT2D eigenvalue weighted by Gasteiger charge is 2.29. The van der Waals surface area contributed by atoms with Crippen LogP contribution in [0.15, 0.2) is 27.1 Å². The molecule has 3 aromatic rings. The molecule has 136 valence electrons. The zero-order valence-corrected chi connectivity index (χ0v) is 15.1. The molecule has 2 aromatic heterocycles. The van der Waals surface area contributed by atoms with Crippen molar-refractivity contribution in [2.24, 2.45) is 0 Å². The Morgan fingerprint density at radius 3 is 2.96 bits per heavy atom. The summed E-state index contributed by atoms with van der Waals surface area (Å²) in [7, 11) is 0. The van der Waals surface area contributed by atoms with Gasteiger partial charge in [0.05, 0.1) is 24.0 Å². The Labute approximate surface area is 150 Å². The van der Waals surface area contributed by atoms with Gasteiger partial charge in [0.25, 0.3) is 5.91 Å². The number of likely N-dealkylation sites (tertiary alicyclic amines) is 1. The van der Waals surface area contributed by atoms with Gasteiger partial charge in [-0.25, -0.2) is 4.98 Å². The third-order valence-electron chi connectivity index (χ3n) is 4.83. The van der Waals surface area contributed by atoms with Crippen LogP contribution in [0, 0.1) is 20.8 Å². The maximum absolute atomic E-state index is 12.9. The molecule has 26 heavy (non-hydrogen) atoms. The second-order valence-electron chi connectivity index (χ2n) is 6.66. The van der Waals surface area contributed by atoms with Gasteiger partial charge < -0.3 is 18.6 Å². The first-order valence-corrected chi connectivity index (χ1v) is 8.71. The van der Waals surface area contributed by atoms with E-state index in [1.165, 1.54) is 0 Å². The number of carbonyl (C=O) groups is 1. The highest BCUT2D eigenvalue weighted by Crippen LogP contribution is 2.24. The monoisotopic (exact) mass is 355 g/mol. The van der Waals surface area contributed by atoms with Crippen molar-refractivity contribution in [1.82, 2.24) is 15.0 Å². The van der Waals surface area contributed by atoms with E-state index in [9.17, 15) is 4.79 Å². The van der Waals surface area contributed by atoms with Crippen LogP contribution >= 0.6 is 0 Å². The smallest absolute Gasteiger partial charge is 0.256 e. The van der Waals surface area contributed by atoms with E-state index < -0.39 is 0 Å². The summed E-state index contributed by atoms with van der Waals surface area (Å²) in [5.41, 5.74) is 3.67. The molecule has 0 radical (unpaired) electrons. The molecule has 0 N–H and O–H groups in total. The number of hydrogen-bond acceptors (Lipinski definition) is 6. The Bertz CT molecular complexity index is 940. The Balaban J connectivity index is 1.44. The summed E-state index contributed by atoms with van der Waals surface area (Å²) >= 11 is 0. The molecule has 7 heteroatoms. The maximum Gasteiger partial charge on any atom is 0.256 e. The van der Waals surface area contributed by atoms with Gasteiger partial charge in [-0.1, -0.05) is 11.2 Å². The lowest BCUT2D eigenvalue weighted by Gasteiger charge is -2.17. The standard InChI is InChI=1S/C19H21N3O4/c1-11-16(12(2)26-21-11)10-24-14-7-8-22(9-14)19(23)15-5-4-6-17-18(15)20-13(3)25-17/h4-6,14H,7-10H2,1-3H3. The third-order valence-corrected chi connectivity index (χ3v) is 4.83. The van der Waals surface area contributed by atoms with Crippen molar-refractivity contribution in [3.05, 3.63) is 46.7 Å². The summed E-state index contributed by atoms with van der Waals surface area (Å²) in [6, 6.07) is 5.44. The van der Waals surface area contributed by atoms with Crippen molar-refractivity contribution >= 4 is 17.0 Å². The highest BCUT2D eigenvalue weighted by molar-refractivity contribution is 6.04. The van der Waals surface area contributed by atoms with Gasteiger partial charge in [0.2, 0.25) is 0 Å². The normalized spacial score (nSPS) is 17.3. The van der Waals surface area contributed by atoms with Crippen molar-refractivity contribution in [3.8, 4) is 0 Å². The van der Waals surface area contributed by atoms with Crippen LogP contribution in [0.25, 0.3) is 11.1 Å². The van der Waals surface area contributed by atoms with Crippen LogP contribution in [-0.4, -0.2) is 40.1 Å². The van der Waals surface area contributed by atoms with Gasteiger partial charge in [-0.3, -0.25) is 4.79 Å². The average molecular weight is 355 g/mol. The maximum atomic E-state index is 12.9. The summed E-state index contributed by atoms with van der Waals surface area (Å²) in [6.07, 6.45) is 0.814. The number of amides is 1. The zero-order valence-electron chi connectivity index (χ0n) is 15.1. The molecule has 1 saturated heterocycles. The van der Waals surface area contributed by atoms with Gasteiger partial charge in [-0.15, -0.1) is 0 Å². The minimum absolute atomic E-state index is 0.00546. The molecule has 1 aromatic carbocycles. The molecule has 0 bridgehead atoms. The molecule has 0 spiro atoms. The molecule has 0 aliphatic carbocycles. The lowest BCUT2D eigenvalue weighted by Crippen LogP contribution is -2.30. The SMILES string of the molecule is Cc1nc2c(C(=O)N3CCC(OCc4c(C)noc4C)C3)cccc2o1. The minimum atomic E-state index is -0.0349. The van der Waals surface area contributed by atoms with Crippen LogP contribution in [0.3, 0.4) is 0 Å². The number of benzene rings is 1. The van der Waals surface area contributed by atoms with E-state index in [0.717, 1.165) is 23.4 Å². The quantitative estimate of drug-likeness (QED) is 0.715. The second kappa shape index (κ2) is 6.57. The fraction of sp³-hybridized carbons (Fsp3) is 0.421. The van der Waals surface area contributed by atoms with Gasteiger partial charge in [-0.2, -0.15) is 0 Å². The highest BCUT2D eigenvalue weighted by atomic mass is 16.5. The first kappa shape index (κ1) is 16.8. The Kier molecular flexibility index (Phi) is 4.24. The Hall–Kier alpha value is -2.67. The van der Waals surface area contributed by atoms with E-state index in [1.54, 1.807) is 13.0 Å². The Morgan fingerprint density at radius 2 is 2.19 bits per heavy atom. The van der Waals surface area contributed by atoms with E-state index in [1.807, 2.05) is 30.9 Å². The van der Waals surface area contributed by atoms with Gasteiger partial charge in [0.15, 0.2) is 11.5 Å². The summed E-state index contributed by atoms with van der Waals surface area (Å²) in [4.78, 5) is 19.1. The molecular weight excluding hydrogens is 334 g/mol. The molecule has 1 amide bonds.